The highest BCUT2D eigenvalue weighted by molar-refractivity contribution is 6.06. The van der Waals surface area contributed by atoms with Gasteiger partial charge in [-0.25, -0.2) is 9.36 Å². The van der Waals surface area contributed by atoms with Crippen LogP contribution in [0, 0.1) is 13.8 Å². The minimum Gasteiger partial charge on any atom is -0.267 e. The maximum absolute atomic E-state index is 13.0. The predicted molar refractivity (Wildman–Crippen MR) is 133 cm³/mol. The van der Waals surface area contributed by atoms with Gasteiger partial charge in [0, 0.05) is 23.2 Å². The van der Waals surface area contributed by atoms with Crippen LogP contribution in [-0.2, 0) is 6.54 Å². The predicted octanol–water partition coefficient (Wildman–Crippen LogP) is 3.46. The number of hydrogen-bond acceptors (Lipinski definition) is 5. The van der Waals surface area contributed by atoms with Crippen LogP contribution in [0.25, 0.3) is 16.5 Å². The second-order valence-corrected chi connectivity index (χ2v) is 8.42. The van der Waals surface area contributed by atoms with Crippen LogP contribution < -0.4 is 16.4 Å². The van der Waals surface area contributed by atoms with E-state index in [0.717, 1.165) is 36.3 Å². The van der Waals surface area contributed by atoms with Crippen LogP contribution in [0.3, 0.4) is 0 Å². The largest absolute Gasteiger partial charge is 0.290 e. The zero-order valence-corrected chi connectivity index (χ0v) is 20.0. The molecule has 0 saturated carbocycles. The third-order valence-corrected chi connectivity index (χ3v) is 5.73. The van der Waals surface area contributed by atoms with Crippen molar-refractivity contribution in [1.82, 2.24) is 30.4 Å². The van der Waals surface area contributed by atoms with Gasteiger partial charge in [-0.3, -0.25) is 25.2 Å². The Morgan fingerprint density at radius 2 is 1.57 bits per heavy atom. The van der Waals surface area contributed by atoms with E-state index in [4.69, 9.17) is 0 Å². The molecule has 0 aliphatic rings. The van der Waals surface area contributed by atoms with E-state index in [9.17, 15) is 14.4 Å². The monoisotopic (exact) mass is 472 g/mol. The van der Waals surface area contributed by atoms with Gasteiger partial charge in [0.15, 0.2) is 5.69 Å². The summed E-state index contributed by atoms with van der Waals surface area (Å²) in [5, 5.41) is 9.59. The highest BCUT2D eigenvalue weighted by atomic mass is 16.2. The second-order valence-electron chi connectivity index (χ2n) is 8.42. The number of unbranched alkanes of at least 4 members (excludes halogenated alkanes) is 2. The molecule has 2 aromatic heterocycles. The van der Waals surface area contributed by atoms with Gasteiger partial charge in [-0.05, 0) is 56.7 Å². The van der Waals surface area contributed by atoms with Crippen molar-refractivity contribution in [3.63, 3.8) is 0 Å². The topological polar surface area (TPSA) is 111 Å². The van der Waals surface area contributed by atoms with Crippen molar-refractivity contribution in [2.24, 2.45) is 0 Å². The first kappa shape index (κ1) is 23.9. The lowest BCUT2D eigenvalue weighted by Crippen LogP contribution is -2.42. The van der Waals surface area contributed by atoms with Gasteiger partial charge in [-0.2, -0.15) is 10.2 Å². The Morgan fingerprint density at radius 3 is 2.23 bits per heavy atom. The summed E-state index contributed by atoms with van der Waals surface area (Å²) < 4.78 is 3.12. The fraction of sp³-hybridized carbons (Fsp3) is 0.269. The van der Waals surface area contributed by atoms with Gasteiger partial charge in [-0.15, -0.1) is 0 Å². The summed E-state index contributed by atoms with van der Waals surface area (Å²) in [6.45, 7) is 6.38. The molecule has 9 nitrogen and oxygen atoms in total. The third-order valence-electron chi connectivity index (χ3n) is 5.73. The zero-order valence-electron chi connectivity index (χ0n) is 20.0. The molecule has 0 saturated heterocycles. The lowest BCUT2D eigenvalue weighted by Gasteiger charge is -2.12. The number of hydrogen-bond donors (Lipinski definition) is 2. The molecule has 35 heavy (non-hydrogen) atoms. The van der Waals surface area contributed by atoms with Gasteiger partial charge >= 0.3 is 0 Å². The Labute approximate surface area is 202 Å². The molecule has 0 fully saturated rings. The third kappa shape index (κ3) is 5.13. The lowest BCUT2D eigenvalue weighted by atomic mass is 10.1. The van der Waals surface area contributed by atoms with Crippen LogP contribution >= 0.6 is 0 Å². The minimum absolute atomic E-state index is 0.0804. The van der Waals surface area contributed by atoms with Gasteiger partial charge in [-0.1, -0.05) is 38.0 Å². The molecular formula is C26H28N6O3. The summed E-state index contributed by atoms with van der Waals surface area (Å²) in [6, 6.07) is 15.7. The molecule has 0 aliphatic carbocycles. The van der Waals surface area contributed by atoms with Crippen molar-refractivity contribution in [1.29, 1.82) is 0 Å². The molecule has 0 unspecified atom stereocenters. The summed E-state index contributed by atoms with van der Waals surface area (Å²) in [7, 11) is 0. The average Bonchev–Trinajstić information content (AvgIpc) is 3.21. The molecule has 9 heteroatoms. The highest BCUT2D eigenvalue weighted by Crippen LogP contribution is 2.15. The average molecular weight is 473 g/mol. The smallest absolute Gasteiger partial charge is 0.267 e. The zero-order chi connectivity index (χ0) is 24.9. The van der Waals surface area contributed by atoms with Crippen LogP contribution in [0.15, 0.2) is 59.4 Å². The van der Waals surface area contributed by atoms with E-state index in [1.807, 2.05) is 19.9 Å². The molecule has 0 aliphatic heterocycles. The number of amides is 2. The molecule has 4 rings (SSSR count). The number of carbonyl (C=O) groups is 2. The molecular weight excluding hydrogens is 444 g/mol. The van der Waals surface area contributed by atoms with Crippen molar-refractivity contribution < 1.29 is 9.59 Å². The summed E-state index contributed by atoms with van der Waals surface area (Å²) >= 11 is 0. The summed E-state index contributed by atoms with van der Waals surface area (Å²) in [6.07, 6.45) is 2.74. The standard InChI is InChI=1S/C26H28N6O3/c1-4-5-8-15-31-26(35)22-10-7-6-9-21(22)23(30-31)25(34)28-27-24(33)19-11-13-20(14-12-19)32-18(3)16-17(2)29-32/h6-7,9-14,16H,4-5,8,15H2,1-3H3,(H,27,33)(H,28,34). The maximum atomic E-state index is 13.0. The number of fused-ring (bicyclic) bond motifs is 1. The van der Waals surface area contributed by atoms with Crippen molar-refractivity contribution in [3.05, 3.63) is 87.6 Å². The second kappa shape index (κ2) is 10.3. The van der Waals surface area contributed by atoms with E-state index in [1.165, 1.54) is 4.68 Å². The van der Waals surface area contributed by atoms with E-state index in [-0.39, 0.29) is 11.3 Å². The highest BCUT2D eigenvalue weighted by Gasteiger charge is 2.17. The van der Waals surface area contributed by atoms with Crippen molar-refractivity contribution in [2.45, 2.75) is 46.6 Å². The number of aromatic nitrogens is 4. The van der Waals surface area contributed by atoms with Crippen molar-refractivity contribution >= 4 is 22.6 Å². The molecule has 0 radical (unpaired) electrons. The molecule has 0 spiro atoms. The SMILES string of the molecule is CCCCCn1nc(C(=O)NNC(=O)c2ccc(-n3nc(C)cc3C)cc2)c2ccccc2c1=O. The first-order valence-electron chi connectivity index (χ1n) is 11.6. The first-order valence-corrected chi connectivity index (χ1v) is 11.6. The van der Waals surface area contributed by atoms with Crippen LogP contribution in [0.1, 0.15) is 58.4 Å². The number of carbonyl (C=O) groups excluding carboxylic acids is 2. The van der Waals surface area contributed by atoms with Gasteiger partial charge in [0.05, 0.1) is 16.8 Å². The van der Waals surface area contributed by atoms with Crippen LogP contribution in [0.4, 0.5) is 0 Å². The van der Waals surface area contributed by atoms with E-state index in [1.54, 1.807) is 53.2 Å². The Morgan fingerprint density at radius 1 is 0.886 bits per heavy atom. The summed E-state index contributed by atoms with van der Waals surface area (Å²) in [5.74, 6) is -1.07. The van der Waals surface area contributed by atoms with Crippen molar-refractivity contribution in [3.8, 4) is 5.69 Å². The Hall–Kier alpha value is -4.27. The molecule has 2 amide bonds. The van der Waals surface area contributed by atoms with Gasteiger partial charge in [0.2, 0.25) is 0 Å². The minimum atomic E-state index is -0.599. The number of benzene rings is 2. The lowest BCUT2D eigenvalue weighted by molar-refractivity contribution is 0.0843. The van der Waals surface area contributed by atoms with E-state index >= 15 is 0 Å². The number of rotatable bonds is 7. The van der Waals surface area contributed by atoms with Crippen LogP contribution in [0.2, 0.25) is 0 Å². The van der Waals surface area contributed by atoms with E-state index in [0.29, 0.717) is 22.9 Å². The Balaban J connectivity index is 1.50. The van der Waals surface area contributed by atoms with Crippen LogP contribution in [0.5, 0.6) is 0 Å². The van der Waals surface area contributed by atoms with E-state index < -0.39 is 11.8 Å². The molecule has 2 N–H and O–H groups in total. The molecule has 180 valence electrons. The van der Waals surface area contributed by atoms with Gasteiger partial charge in [0.25, 0.3) is 17.4 Å². The normalized spacial score (nSPS) is 10.9. The maximum Gasteiger partial charge on any atom is 0.290 e. The molecule has 0 atom stereocenters. The van der Waals surface area contributed by atoms with Gasteiger partial charge in [0.1, 0.15) is 0 Å². The number of hydrazine groups is 1. The molecule has 0 bridgehead atoms. The summed E-state index contributed by atoms with van der Waals surface area (Å²) in [5.41, 5.74) is 7.81. The van der Waals surface area contributed by atoms with Crippen molar-refractivity contribution in [2.75, 3.05) is 0 Å². The number of nitrogens with zero attached hydrogens (tertiary/aromatic N) is 4. The quantitative estimate of drug-likeness (QED) is 0.316. The summed E-state index contributed by atoms with van der Waals surface area (Å²) in [4.78, 5) is 38.4. The Bertz CT molecular complexity index is 1440. The molecule has 4 aromatic rings. The molecule has 2 heterocycles. The van der Waals surface area contributed by atoms with Crippen LogP contribution in [-0.4, -0.2) is 31.4 Å². The molecule has 2 aromatic carbocycles. The number of nitrogens with one attached hydrogen (secondary N) is 2. The fourth-order valence-corrected chi connectivity index (χ4v) is 3.96. The Kier molecular flexibility index (Phi) is 7.05. The first-order chi connectivity index (χ1) is 16.9. The van der Waals surface area contributed by atoms with E-state index in [2.05, 4.69) is 28.0 Å². The van der Waals surface area contributed by atoms with Gasteiger partial charge < -0.3 is 0 Å². The number of aryl methyl sites for hydroxylation is 3. The fourth-order valence-electron chi connectivity index (χ4n) is 3.96.